The van der Waals surface area contributed by atoms with Crippen LogP contribution in [0.4, 0.5) is 5.69 Å². The first kappa shape index (κ1) is 21.1. The second kappa shape index (κ2) is 7.94. The van der Waals surface area contributed by atoms with Crippen molar-refractivity contribution in [3.8, 4) is 0 Å². The molecule has 142 valence electrons. The van der Waals surface area contributed by atoms with Gasteiger partial charge in [0.25, 0.3) is 11.6 Å². The predicted octanol–water partition coefficient (Wildman–Crippen LogP) is 1.99. The number of nitro benzene ring substituents is 1. The molecule has 1 aromatic rings. The lowest BCUT2D eigenvalue weighted by molar-refractivity contribution is -0.385. The van der Waals surface area contributed by atoms with E-state index in [0.717, 1.165) is 6.07 Å². The van der Waals surface area contributed by atoms with Crippen molar-refractivity contribution in [3.05, 3.63) is 38.9 Å². The Morgan fingerprint density at radius 2 is 1.81 bits per heavy atom. The van der Waals surface area contributed by atoms with Crippen LogP contribution in [0.15, 0.2) is 12.1 Å². The van der Waals surface area contributed by atoms with E-state index in [4.69, 9.17) is 15.2 Å². The lowest BCUT2D eigenvalue weighted by atomic mass is 9.93. The van der Waals surface area contributed by atoms with Gasteiger partial charge in [-0.3, -0.25) is 24.5 Å². The van der Waals surface area contributed by atoms with Crippen LogP contribution in [0.1, 0.15) is 55.1 Å². The molecule has 0 aliphatic rings. The minimum absolute atomic E-state index is 0.0206. The summed E-state index contributed by atoms with van der Waals surface area (Å²) in [4.78, 5) is 46.9. The first-order chi connectivity index (χ1) is 11.9. The van der Waals surface area contributed by atoms with Gasteiger partial charge in [-0.25, -0.2) is 0 Å². The van der Waals surface area contributed by atoms with E-state index in [1.807, 2.05) is 0 Å². The van der Waals surface area contributed by atoms with E-state index in [1.54, 1.807) is 27.7 Å². The first-order valence-corrected chi connectivity index (χ1v) is 7.87. The van der Waals surface area contributed by atoms with Crippen LogP contribution >= 0.6 is 0 Å². The number of rotatable bonds is 6. The molecule has 0 saturated carbocycles. The van der Waals surface area contributed by atoms with Crippen LogP contribution in [0.25, 0.3) is 0 Å². The zero-order valence-electron chi connectivity index (χ0n) is 15.3. The van der Waals surface area contributed by atoms with E-state index in [9.17, 15) is 24.5 Å². The summed E-state index contributed by atoms with van der Waals surface area (Å²) in [6.45, 7) is 7.85. The highest BCUT2D eigenvalue weighted by molar-refractivity contribution is 6.03. The molecule has 1 aromatic carbocycles. The number of esters is 2. The molecule has 9 nitrogen and oxygen atoms in total. The highest BCUT2D eigenvalue weighted by atomic mass is 16.6. The summed E-state index contributed by atoms with van der Waals surface area (Å²) in [5.74, 6) is -4.31. The van der Waals surface area contributed by atoms with Gasteiger partial charge in [-0.2, -0.15) is 0 Å². The zero-order valence-corrected chi connectivity index (χ0v) is 15.3. The van der Waals surface area contributed by atoms with E-state index in [1.165, 1.54) is 13.0 Å². The molecule has 2 N–H and O–H groups in total. The average molecular weight is 366 g/mol. The van der Waals surface area contributed by atoms with Crippen LogP contribution in [0.3, 0.4) is 0 Å². The Morgan fingerprint density at radius 1 is 1.23 bits per heavy atom. The quantitative estimate of drug-likeness (QED) is 0.351. The van der Waals surface area contributed by atoms with Crippen molar-refractivity contribution in [3.63, 3.8) is 0 Å². The van der Waals surface area contributed by atoms with E-state index < -0.39 is 45.5 Å². The van der Waals surface area contributed by atoms with Gasteiger partial charge in [-0.05, 0) is 52.3 Å². The van der Waals surface area contributed by atoms with Crippen LogP contribution in [-0.4, -0.2) is 35.0 Å². The van der Waals surface area contributed by atoms with Crippen molar-refractivity contribution in [2.45, 2.75) is 46.1 Å². The van der Waals surface area contributed by atoms with Crippen molar-refractivity contribution in [2.24, 2.45) is 5.73 Å². The number of primary amides is 1. The van der Waals surface area contributed by atoms with Crippen LogP contribution < -0.4 is 5.73 Å². The molecule has 0 saturated heterocycles. The maximum absolute atomic E-state index is 12.5. The lowest BCUT2D eigenvalue weighted by Gasteiger charge is -2.23. The number of hydrogen-bond donors (Lipinski definition) is 1. The molecular formula is C17H22N2O7. The Kier molecular flexibility index (Phi) is 6.44. The summed E-state index contributed by atoms with van der Waals surface area (Å²) < 4.78 is 10.2. The smallest absolute Gasteiger partial charge is 0.325 e. The van der Waals surface area contributed by atoms with Crippen molar-refractivity contribution in [1.29, 1.82) is 0 Å². The van der Waals surface area contributed by atoms with Gasteiger partial charge >= 0.3 is 11.9 Å². The van der Waals surface area contributed by atoms with Gasteiger partial charge in [0.2, 0.25) is 0 Å². The van der Waals surface area contributed by atoms with Crippen molar-refractivity contribution in [1.82, 2.24) is 0 Å². The minimum atomic E-state index is -1.49. The van der Waals surface area contributed by atoms with Gasteiger partial charge < -0.3 is 15.2 Å². The Hall–Kier alpha value is -2.97. The van der Waals surface area contributed by atoms with Crippen LogP contribution in [0.5, 0.6) is 0 Å². The summed E-state index contributed by atoms with van der Waals surface area (Å²) in [7, 11) is 0. The minimum Gasteiger partial charge on any atom is -0.465 e. The lowest BCUT2D eigenvalue weighted by Crippen LogP contribution is -2.32. The Balaban J connectivity index is 3.56. The molecule has 0 aromatic heterocycles. The first-order valence-electron chi connectivity index (χ1n) is 7.87. The molecule has 0 radical (unpaired) electrons. The van der Waals surface area contributed by atoms with Crippen LogP contribution in [0, 0.1) is 17.0 Å². The largest absolute Gasteiger partial charge is 0.465 e. The van der Waals surface area contributed by atoms with E-state index in [2.05, 4.69) is 0 Å². The van der Waals surface area contributed by atoms with Crippen molar-refractivity contribution < 1.29 is 28.8 Å². The third kappa shape index (κ3) is 5.01. The fourth-order valence-corrected chi connectivity index (χ4v) is 2.36. The monoisotopic (exact) mass is 366 g/mol. The molecule has 1 amide bonds. The highest BCUT2D eigenvalue weighted by Gasteiger charge is 2.36. The summed E-state index contributed by atoms with van der Waals surface area (Å²) in [6.07, 6.45) is 0. The normalized spacial score (nSPS) is 12.2. The standard InChI is InChI=1S/C17H22N2O7/c1-6-25-15(21)12(16(22)26-17(3,4)5)10-7-9(2)13(19(23)24)11(8-10)14(18)20/h7-8,12H,6H2,1-5H3,(H2,18,20). The van der Waals surface area contributed by atoms with Gasteiger partial charge in [-0.15, -0.1) is 0 Å². The molecule has 26 heavy (non-hydrogen) atoms. The third-order valence-electron chi connectivity index (χ3n) is 3.27. The zero-order chi connectivity index (χ0) is 20.2. The molecule has 0 heterocycles. The maximum Gasteiger partial charge on any atom is 0.325 e. The molecule has 9 heteroatoms. The number of carbonyl (C=O) groups excluding carboxylic acids is 3. The van der Waals surface area contributed by atoms with E-state index >= 15 is 0 Å². The van der Waals surface area contributed by atoms with Crippen LogP contribution in [0.2, 0.25) is 0 Å². The summed E-state index contributed by atoms with van der Waals surface area (Å²) in [5, 5.41) is 11.2. The molecule has 1 rings (SSSR count). The molecule has 0 bridgehead atoms. The number of hydrogen-bond acceptors (Lipinski definition) is 7. The maximum atomic E-state index is 12.5. The molecule has 0 aliphatic carbocycles. The third-order valence-corrected chi connectivity index (χ3v) is 3.27. The van der Waals surface area contributed by atoms with Crippen LogP contribution in [-0.2, 0) is 19.1 Å². The van der Waals surface area contributed by atoms with Gasteiger partial charge in [0, 0.05) is 5.56 Å². The van der Waals surface area contributed by atoms with E-state index in [-0.39, 0.29) is 17.7 Å². The number of benzene rings is 1. The number of amides is 1. The molecule has 1 unspecified atom stereocenters. The second-order valence-corrected chi connectivity index (χ2v) is 6.57. The molecule has 0 fully saturated rings. The average Bonchev–Trinajstić information content (AvgIpc) is 2.44. The number of nitrogens with two attached hydrogens (primary N) is 1. The van der Waals surface area contributed by atoms with Crippen molar-refractivity contribution >= 4 is 23.5 Å². The van der Waals surface area contributed by atoms with Gasteiger partial charge in [0.1, 0.15) is 11.2 Å². The summed E-state index contributed by atoms with van der Waals surface area (Å²) in [6, 6.07) is 2.33. The Labute approximate surface area is 150 Å². The van der Waals surface area contributed by atoms with Gasteiger partial charge in [-0.1, -0.05) is 0 Å². The second-order valence-electron chi connectivity index (χ2n) is 6.57. The van der Waals surface area contributed by atoms with Gasteiger partial charge in [0.15, 0.2) is 5.92 Å². The Bertz CT molecular complexity index is 750. The summed E-state index contributed by atoms with van der Waals surface area (Å²) >= 11 is 0. The highest BCUT2D eigenvalue weighted by Crippen LogP contribution is 2.30. The molecular weight excluding hydrogens is 344 g/mol. The number of nitrogens with zero attached hydrogens (tertiary/aromatic N) is 1. The molecule has 0 aliphatic heterocycles. The number of nitro groups is 1. The van der Waals surface area contributed by atoms with E-state index in [0.29, 0.717) is 0 Å². The van der Waals surface area contributed by atoms with Crippen molar-refractivity contribution in [2.75, 3.05) is 6.61 Å². The predicted molar refractivity (Wildman–Crippen MR) is 91.6 cm³/mol. The Morgan fingerprint density at radius 3 is 2.23 bits per heavy atom. The number of ether oxygens (including phenoxy) is 2. The molecule has 1 atom stereocenters. The number of carbonyl (C=O) groups is 3. The molecule has 0 spiro atoms. The topological polar surface area (TPSA) is 139 Å². The number of aryl methyl sites for hydroxylation is 1. The fourth-order valence-electron chi connectivity index (χ4n) is 2.36. The summed E-state index contributed by atoms with van der Waals surface area (Å²) in [5.41, 5.74) is 3.60. The van der Waals surface area contributed by atoms with Gasteiger partial charge in [0.05, 0.1) is 11.5 Å². The SMILES string of the molecule is CCOC(=O)C(C(=O)OC(C)(C)C)c1cc(C)c([N+](=O)[O-])c(C(N)=O)c1. The fraction of sp³-hybridized carbons (Fsp3) is 0.471.